The van der Waals surface area contributed by atoms with Crippen LogP contribution in [0, 0.1) is 13.8 Å². The first-order valence-electron chi connectivity index (χ1n) is 9.39. The molecule has 9 nitrogen and oxygen atoms in total. The molecule has 0 unspecified atom stereocenters. The largest absolute Gasteiger partial charge is 0.354 e. The molecule has 0 bridgehead atoms. The molecular formula is C19H22N8OS. The van der Waals surface area contributed by atoms with Crippen LogP contribution in [0.3, 0.4) is 0 Å². The molecule has 1 aliphatic heterocycles. The topological polar surface area (TPSA) is 100 Å². The molecule has 10 heteroatoms. The van der Waals surface area contributed by atoms with E-state index in [1.165, 1.54) is 11.3 Å². The maximum Gasteiger partial charge on any atom is 0.240 e. The summed E-state index contributed by atoms with van der Waals surface area (Å²) in [5, 5.41) is 10.9. The van der Waals surface area contributed by atoms with Gasteiger partial charge in [0.05, 0.1) is 6.54 Å². The second-order valence-electron chi connectivity index (χ2n) is 6.87. The van der Waals surface area contributed by atoms with E-state index in [4.69, 9.17) is 4.98 Å². The van der Waals surface area contributed by atoms with Gasteiger partial charge in [0.1, 0.15) is 11.3 Å². The second kappa shape index (κ2) is 8.58. The van der Waals surface area contributed by atoms with Gasteiger partial charge in [-0.05, 0) is 26.0 Å². The zero-order chi connectivity index (χ0) is 20.2. The van der Waals surface area contributed by atoms with Crippen LogP contribution in [0.15, 0.2) is 30.0 Å². The number of hydrogen-bond acceptors (Lipinski definition) is 9. The summed E-state index contributed by atoms with van der Waals surface area (Å²) in [6.45, 7) is 7.60. The number of aryl methyl sites for hydroxylation is 1. The van der Waals surface area contributed by atoms with E-state index in [1.54, 1.807) is 17.9 Å². The Kier molecular flexibility index (Phi) is 5.72. The first-order valence-corrected chi connectivity index (χ1v) is 10.3. The quantitative estimate of drug-likeness (QED) is 0.679. The minimum atomic E-state index is -0.0655. The van der Waals surface area contributed by atoms with Crippen LogP contribution in [0.1, 0.15) is 11.3 Å². The minimum Gasteiger partial charge on any atom is -0.354 e. The lowest BCUT2D eigenvalue weighted by molar-refractivity contribution is -0.117. The Bertz CT molecular complexity index is 971. The standard InChI is InChI=1S/C19H22N8OS/c1-13-14(2)22-17(15-3-5-20-6-4-15)24-18(13)27-9-7-26(8-10-27)11-16(28)23-19-25-21-12-29-19/h3-6,12H,7-11H2,1-2H3,(H,23,25,28). The number of anilines is 2. The molecule has 0 spiro atoms. The first-order chi connectivity index (χ1) is 14.1. The van der Waals surface area contributed by atoms with E-state index in [1.807, 2.05) is 19.1 Å². The number of amides is 1. The highest BCUT2D eigenvalue weighted by Gasteiger charge is 2.23. The summed E-state index contributed by atoms with van der Waals surface area (Å²) in [4.78, 5) is 30.1. The molecule has 3 aromatic heterocycles. The molecule has 29 heavy (non-hydrogen) atoms. The lowest BCUT2D eigenvalue weighted by Crippen LogP contribution is -2.49. The molecule has 0 atom stereocenters. The highest BCUT2D eigenvalue weighted by atomic mass is 32.1. The minimum absolute atomic E-state index is 0.0655. The number of carbonyl (C=O) groups excluding carboxylic acids is 1. The Morgan fingerprint density at radius 1 is 1.14 bits per heavy atom. The molecule has 1 saturated heterocycles. The molecule has 0 radical (unpaired) electrons. The Morgan fingerprint density at radius 2 is 1.90 bits per heavy atom. The van der Waals surface area contributed by atoms with Gasteiger partial charge in [0.2, 0.25) is 11.0 Å². The van der Waals surface area contributed by atoms with Crippen molar-refractivity contribution in [1.82, 2.24) is 30.0 Å². The predicted octanol–water partition coefficient (Wildman–Crippen LogP) is 1.77. The van der Waals surface area contributed by atoms with Crippen molar-refractivity contribution in [2.75, 3.05) is 42.9 Å². The molecule has 150 valence electrons. The highest BCUT2D eigenvalue weighted by molar-refractivity contribution is 7.13. The van der Waals surface area contributed by atoms with Gasteiger partial charge in [0.25, 0.3) is 0 Å². The summed E-state index contributed by atoms with van der Waals surface area (Å²) in [5.41, 5.74) is 4.61. The molecular weight excluding hydrogens is 388 g/mol. The lowest BCUT2D eigenvalue weighted by atomic mass is 10.2. The number of nitrogens with one attached hydrogen (secondary N) is 1. The number of aromatic nitrogens is 5. The summed E-state index contributed by atoms with van der Waals surface area (Å²) < 4.78 is 0. The Balaban J connectivity index is 1.42. The normalized spacial score (nSPS) is 14.8. The third-order valence-corrected chi connectivity index (χ3v) is 5.55. The fourth-order valence-corrected chi connectivity index (χ4v) is 3.72. The van der Waals surface area contributed by atoms with Crippen LogP contribution in [0.4, 0.5) is 10.9 Å². The third-order valence-electron chi connectivity index (χ3n) is 4.95. The van der Waals surface area contributed by atoms with E-state index >= 15 is 0 Å². The van der Waals surface area contributed by atoms with Gasteiger partial charge in [0.15, 0.2) is 5.82 Å². The fraction of sp³-hybridized carbons (Fsp3) is 0.368. The van der Waals surface area contributed by atoms with E-state index in [9.17, 15) is 4.79 Å². The summed E-state index contributed by atoms with van der Waals surface area (Å²) in [6, 6.07) is 3.84. The zero-order valence-electron chi connectivity index (χ0n) is 16.4. The van der Waals surface area contributed by atoms with Crippen molar-refractivity contribution in [1.29, 1.82) is 0 Å². The lowest BCUT2D eigenvalue weighted by Gasteiger charge is -2.35. The van der Waals surface area contributed by atoms with Gasteiger partial charge in [-0.1, -0.05) is 11.3 Å². The summed E-state index contributed by atoms with van der Waals surface area (Å²) >= 11 is 1.31. The van der Waals surface area contributed by atoms with Crippen molar-refractivity contribution in [3.63, 3.8) is 0 Å². The third kappa shape index (κ3) is 4.54. The molecule has 1 fully saturated rings. The smallest absolute Gasteiger partial charge is 0.240 e. The van der Waals surface area contributed by atoms with Crippen molar-refractivity contribution in [3.8, 4) is 11.4 Å². The molecule has 1 amide bonds. The highest BCUT2D eigenvalue weighted by Crippen LogP contribution is 2.25. The van der Waals surface area contributed by atoms with Crippen LogP contribution >= 0.6 is 11.3 Å². The second-order valence-corrected chi connectivity index (χ2v) is 7.71. The number of carbonyl (C=O) groups is 1. The van der Waals surface area contributed by atoms with Crippen molar-refractivity contribution >= 4 is 28.2 Å². The van der Waals surface area contributed by atoms with E-state index in [2.05, 4.69) is 42.2 Å². The van der Waals surface area contributed by atoms with E-state index < -0.39 is 0 Å². The molecule has 1 N–H and O–H groups in total. The number of hydrogen-bond donors (Lipinski definition) is 1. The average Bonchev–Trinajstić information content (AvgIpc) is 3.24. The van der Waals surface area contributed by atoms with Crippen molar-refractivity contribution in [3.05, 3.63) is 41.3 Å². The summed E-state index contributed by atoms with van der Waals surface area (Å²) in [5.74, 6) is 1.61. The van der Waals surface area contributed by atoms with Gasteiger partial charge in [0, 0.05) is 55.4 Å². The zero-order valence-corrected chi connectivity index (χ0v) is 17.2. The van der Waals surface area contributed by atoms with Gasteiger partial charge in [-0.2, -0.15) is 0 Å². The van der Waals surface area contributed by atoms with E-state index in [-0.39, 0.29) is 5.91 Å². The fourth-order valence-electron chi connectivity index (χ4n) is 3.26. The molecule has 4 heterocycles. The first kappa shape index (κ1) is 19.3. The Morgan fingerprint density at radius 3 is 2.59 bits per heavy atom. The number of piperazine rings is 1. The Labute approximate surface area is 172 Å². The van der Waals surface area contributed by atoms with E-state index in [0.717, 1.165) is 48.8 Å². The SMILES string of the molecule is Cc1nc(-c2ccncc2)nc(N2CCN(CC(=O)Nc3nncs3)CC2)c1C. The number of nitrogens with zero attached hydrogens (tertiary/aromatic N) is 7. The van der Waals surface area contributed by atoms with Gasteiger partial charge in [-0.25, -0.2) is 9.97 Å². The average molecular weight is 411 g/mol. The van der Waals surface area contributed by atoms with Gasteiger partial charge < -0.3 is 4.90 Å². The van der Waals surface area contributed by atoms with Crippen molar-refractivity contribution < 1.29 is 4.79 Å². The molecule has 3 aromatic rings. The monoisotopic (exact) mass is 410 g/mol. The van der Waals surface area contributed by atoms with Gasteiger partial charge in [-0.3, -0.25) is 20.0 Å². The maximum atomic E-state index is 12.2. The maximum absolute atomic E-state index is 12.2. The van der Waals surface area contributed by atoms with Crippen molar-refractivity contribution in [2.24, 2.45) is 0 Å². The number of pyridine rings is 1. The van der Waals surface area contributed by atoms with Crippen LogP contribution in [-0.2, 0) is 4.79 Å². The Hall–Kier alpha value is -2.98. The van der Waals surface area contributed by atoms with E-state index in [0.29, 0.717) is 17.5 Å². The van der Waals surface area contributed by atoms with Crippen molar-refractivity contribution in [2.45, 2.75) is 13.8 Å². The molecule has 0 aliphatic carbocycles. The van der Waals surface area contributed by atoms with Crippen LogP contribution < -0.4 is 10.2 Å². The van der Waals surface area contributed by atoms with Crippen LogP contribution in [-0.4, -0.2) is 68.7 Å². The van der Waals surface area contributed by atoms with Gasteiger partial charge in [-0.15, -0.1) is 10.2 Å². The van der Waals surface area contributed by atoms with Crippen LogP contribution in [0.2, 0.25) is 0 Å². The molecule has 0 saturated carbocycles. The molecule has 1 aliphatic rings. The predicted molar refractivity (Wildman–Crippen MR) is 112 cm³/mol. The summed E-state index contributed by atoms with van der Waals surface area (Å²) in [7, 11) is 0. The van der Waals surface area contributed by atoms with Gasteiger partial charge >= 0.3 is 0 Å². The molecule has 0 aromatic carbocycles. The summed E-state index contributed by atoms with van der Waals surface area (Å²) in [6.07, 6.45) is 3.50. The van der Waals surface area contributed by atoms with Crippen LogP contribution in [0.5, 0.6) is 0 Å². The number of rotatable bonds is 5. The molecule has 4 rings (SSSR count). The van der Waals surface area contributed by atoms with Crippen LogP contribution in [0.25, 0.3) is 11.4 Å².